The van der Waals surface area contributed by atoms with Crippen molar-refractivity contribution < 1.29 is 0 Å². The van der Waals surface area contributed by atoms with Crippen LogP contribution in [-0.2, 0) is 0 Å². The molecule has 2 nitrogen and oxygen atoms in total. The van der Waals surface area contributed by atoms with Gasteiger partial charge in [-0.25, -0.2) is 0 Å². The van der Waals surface area contributed by atoms with Crippen LogP contribution in [0.3, 0.4) is 0 Å². The fraction of sp³-hybridized carbons (Fsp3) is 0.0455. The summed E-state index contributed by atoms with van der Waals surface area (Å²) in [6.07, 6.45) is 5.79. The molecule has 0 N–H and O–H groups in total. The van der Waals surface area contributed by atoms with E-state index in [-0.39, 0.29) is 0 Å². The van der Waals surface area contributed by atoms with E-state index in [9.17, 15) is 0 Å². The summed E-state index contributed by atoms with van der Waals surface area (Å²) >= 11 is 0. The number of hydrogen-bond acceptors (Lipinski definition) is 2. The van der Waals surface area contributed by atoms with Gasteiger partial charge in [0.05, 0.1) is 5.69 Å². The fourth-order valence-corrected chi connectivity index (χ4v) is 7.04. The van der Waals surface area contributed by atoms with Crippen LogP contribution in [0.25, 0.3) is 87.4 Å². The molecule has 0 radical (unpaired) electrons. The lowest BCUT2D eigenvalue weighted by Gasteiger charge is -2.17. The number of rotatable bonds is 3. The molecule has 7 aromatic carbocycles. The average Bonchev–Trinajstić information content (AvgIpc) is 3.14. The first-order chi connectivity index (χ1) is 22.8. The van der Waals surface area contributed by atoms with Gasteiger partial charge in [0, 0.05) is 29.7 Å². The maximum atomic E-state index is 5.15. The van der Waals surface area contributed by atoms with Crippen molar-refractivity contribution in [3.05, 3.63) is 158 Å². The molecular weight excluding hydrogens is 556 g/mol. The third-order valence-corrected chi connectivity index (χ3v) is 9.00. The van der Waals surface area contributed by atoms with E-state index in [1.54, 1.807) is 0 Å². The zero-order chi connectivity index (χ0) is 31.0. The lowest BCUT2D eigenvalue weighted by Crippen LogP contribution is -1.92. The molecule has 0 saturated carbocycles. The van der Waals surface area contributed by atoms with Crippen LogP contribution in [0.4, 0.5) is 0 Å². The van der Waals surface area contributed by atoms with Gasteiger partial charge in [0.1, 0.15) is 0 Å². The number of fused-ring (bicyclic) bond motifs is 7. The molecule has 0 saturated heterocycles. The number of benzene rings is 7. The molecule has 0 spiro atoms. The van der Waals surface area contributed by atoms with Crippen LogP contribution in [0.5, 0.6) is 0 Å². The van der Waals surface area contributed by atoms with Gasteiger partial charge in [-0.1, -0.05) is 129 Å². The van der Waals surface area contributed by atoms with Gasteiger partial charge in [-0.15, -0.1) is 0 Å². The molecule has 0 fully saturated rings. The fourth-order valence-electron chi connectivity index (χ4n) is 7.04. The number of hydrogen-bond donors (Lipinski definition) is 0. The first-order valence-electron chi connectivity index (χ1n) is 16.0. The largest absolute Gasteiger partial charge is 0.265 e. The van der Waals surface area contributed by atoms with Gasteiger partial charge in [-0.3, -0.25) is 9.97 Å². The highest BCUT2D eigenvalue weighted by molar-refractivity contribution is 6.22. The van der Waals surface area contributed by atoms with Crippen LogP contribution in [0.2, 0.25) is 0 Å². The lowest BCUT2D eigenvalue weighted by atomic mass is 9.86. The molecule has 2 heteroatoms. The quantitative estimate of drug-likeness (QED) is 0.152. The van der Waals surface area contributed by atoms with Crippen molar-refractivity contribution in [1.82, 2.24) is 9.97 Å². The van der Waals surface area contributed by atoms with Crippen molar-refractivity contribution in [3.63, 3.8) is 0 Å². The molecule has 0 aliphatic carbocycles. The van der Waals surface area contributed by atoms with Crippen LogP contribution in [0.15, 0.2) is 158 Å². The van der Waals surface area contributed by atoms with E-state index in [2.05, 4.69) is 151 Å². The topological polar surface area (TPSA) is 25.8 Å². The van der Waals surface area contributed by atoms with Gasteiger partial charge >= 0.3 is 0 Å². The second-order valence-electron chi connectivity index (χ2n) is 11.4. The van der Waals surface area contributed by atoms with Gasteiger partial charge in [-0.2, -0.15) is 0 Å². The Morgan fingerprint density at radius 2 is 0.913 bits per heavy atom. The Balaban J connectivity index is 0.00000153. The Labute approximate surface area is 268 Å². The van der Waals surface area contributed by atoms with Crippen molar-refractivity contribution in [2.75, 3.05) is 0 Å². The maximum Gasteiger partial charge on any atom is 0.0708 e. The molecule has 218 valence electrons. The molecule has 0 amide bonds. The van der Waals surface area contributed by atoms with Crippen LogP contribution in [0.1, 0.15) is 13.8 Å². The Hall–Kier alpha value is -5.86. The van der Waals surface area contributed by atoms with E-state index in [1.807, 2.05) is 26.2 Å². The van der Waals surface area contributed by atoms with E-state index in [1.165, 1.54) is 70.6 Å². The summed E-state index contributed by atoms with van der Waals surface area (Å²) in [5.41, 5.74) is 6.85. The second-order valence-corrected chi connectivity index (χ2v) is 11.4. The summed E-state index contributed by atoms with van der Waals surface area (Å²) in [6, 6.07) is 50.2. The third kappa shape index (κ3) is 4.42. The van der Waals surface area contributed by atoms with E-state index in [0.29, 0.717) is 0 Å². The number of pyridine rings is 2. The van der Waals surface area contributed by atoms with Crippen LogP contribution in [0, 0.1) is 0 Å². The smallest absolute Gasteiger partial charge is 0.0708 e. The summed E-state index contributed by atoms with van der Waals surface area (Å²) < 4.78 is 0. The standard InChI is InChI=1S/C42H26N2.C2H6/c1-2-10-30-27(9-1)17-19-33-31-11-3-4-12-32(31)39(25-38(30)33)40-20-18-29(26-44-40)42-36-15-7-5-13-34(36)41(28-21-23-43-24-22-28)35-14-6-8-16-37(35)42;1-2/h1-26H;1-2H3. The molecule has 0 bridgehead atoms. The predicted molar refractivity (Wildman–Crippen MR) is 197 cm³/mol. The van der Waals surface area contributed by atoms with Crippen LogP contribution < -0.4 is 0 Å². The summed E-state index contributed by atoms with van der Waals surface area (Å²) in [7, 11) is 0. The Morgan fingerprint density at radius 3 is 1.52 bits per heavy atom. The highest BCUT2D eigenvalue weighted by atomic mass is 14.7. The van der Waals surface area contributed by atoms with E-state index < -0.39 is 0 Å². The van der Waals surface area contributed by atoms with Gasteiger partial charge in [0.15, 0.2) is 0 Å². The van der Waals surface area contributed by atoms with Crippen molar-refractivity contribution >= 4 is 53.9 Å². The molecule has 2 heterocycles. The van der Waals surface area contributed by atoms with Gasteiger partial charge < -0.3 is 0 Å². The summed E-state index contributed by atoms with van der Waals surface area (Å²) in [6.45, 7) is 4.00. The van der Waals surface area contributed by atoms with Gasteiger partial charge in [-0.05, 0) is 94.8 Å². The zero-order valence-electron chi connectivity index (χ0n) is 25.9. The second kappa shape index (κ2) is 11.6. The molecular formula is C44H32N2. The van der Waals surface area contributed by atoms with Crippen molar-refractivity contribution in [2.45, 2.75) is 13.8 Å². The van der Waals surface area contributed by atoms with Crippen molar-refractivity contribution in [3.8, 4) is 33.5 Å². The molecule has 46 heavy (non-hydrogen) atoms. The average molecular weight is 589 g/mol. The maximum absolute atomic E-state index is 5.15. The van der Waals surface area contributed by atoms with Crippen molar-refractivity contribution in [1.29, 1.82) is 0 Å². The van der Waals surface area contributed by atoms with Crippen molar-refractivity contribution in [2.24, 2.45) is 0 Å². The van der Waals surface area contributed by atoms with E-state index in [4.69, 9.17) is 4.98 Å². The predicted octanol–water partition coefficient (Wildman–Crippen LogP) is 12.3. The summed E-state index contributed by atoms with van der Waals surface area (Å²) in [5.74, 6) is 0. The third-order valence-electron chi connectivity index (χ3n) is 9.00. The monoisotopic (exact) mass is 588 g/mol. The van der Waals surface area contributed by atoms with E-state index >= 15 is 0 Å². The van der Waals surface area contributed by atoms with Crippen LogP contribution >= 0.6 is 0 Å². The Bertz CT molecular complexity index is 2470. The number of aromatic nitrogens is 2. The first kappa shape index (κ1) is 27.7. The molecule has 0 aliphatic heterocycles. The molecule has 2 aromatic heterocycles. The summed E-state index contributed by atoms with van der Waals surface area (Å²) in [5, 5.41) is 12.4. The minimum atomic E-state index is 0.974. The highest BCUT2D eigenvalue weighted by Crippen LogP contribution is 2.44. The molecule has 0 atom stereocenters. The zero-order valence-corrected chi connectivity index (χ0v) is 25.9. The minimum Gasteiger partial charge on any atom is -0.265 e. The van der Waals surface area contributed by atoms with Crippen LogP contribution in [-0.4, -0.2) is 9.97 Å². The molecule has 9 rings (SSSR count). The SMILES string of the molecule is CC.c1ccc2c(c1)ccc1c3ccccc3c(-c3ccc(-c4c5ccccc5c(-c5ccncc5)c5ccccc45)cn3)cc21. The van der Waals surface area contributed by atoms with Gasteiger partial charge in [0.25, 0.3) is 0 Å². The lowest BCUT2D eigenvalue weighted by molar-refractivity contribution is 1.33. The summed E-state index contributed by atoms with van der Waals surface area (Å²) in [4.78, 5) is 9.42. The van der Waals surface area contributed by atoms with E-state index in [0.717, 1.165) is 16.8 Å². The minimum absolute atomic E-state index is 0.974. The highest BCUT2D eigenvalue weighted by Gasteiger charge is 2.17. The Morgan fingerprint density at radius 1 is 0.391 bits per heavy atom. The normalized spacial score (nSPS) is 11.3. The first-order valence-corrected chi connectivity index (χ1v) is 16.0. The van der Waals surface area contributed by atoms with Gasteiger partial charge in [0.2, 0.25) is 0 Å². The molecule has 0 unspecified atom stereocenters. The molecule has 0 aliphatic rings. The Kier molecular flexibility index (Phi) is 6.96. The molecule has 9 aromatic rings. The number of nitrogens with zero attached hydrogens (tertiary/aromatic N) is 2.